The maximum absolute atomic E-state index is 12.3. The molecule has 4 rings (SSSR count). The molecule has 3 heterocycles. The number of nitrogens with one attached hydrogen (secondary N) is 2. The SMILES string of the molecule is O=C(NCCc1c[nH]c2ccc(Cl)cc12)c1cc(CN2CCCC2)on1. The molecule has 7 heteroatoms. The fourth-order valence-corrected chi connectivity index (χ4v) is 3.59. The van der Waals surface area contributed by atoms with Crippen molar-refractivity contribution in [3.05, 3.63) is 52.5 Å². The number of aromatic amines is 1. The summed E-state index contributed by atoms with van der Waals surface area (Å²) in [4.78, 5) is 17.8. The van der Waals surface area contributed by atoms with Crippen LogP contribution in [0.15, 0.2) is 35.0 Å². The van der Waals surface area contributed by atoms with Gasteiger partial charge in [-0.25, -0.2) is 0 Å². The van der Waals surface area contributed by atoms with Crippen molar-refractivity contribution in [2.24, 2.45) is 0 Å². The summed E-state index contributed by atoms with van der Waals surface area (Å²) in [6.45, 7) is 3.40. The summed E-state index contributed by atoms with van der Waals surface area (Å²) in [5.41, 5.74) is 2.50. The molecule has 1 fully saturated rings. The van der Waals surface area contributed by atoms with E-state index in [0.29, 0.717) is 23.7 Å². The highest BCUT2D eigenvalue weighted by atomic mass is 35.5. The number of benzene rings is 1. The molecule has 0 aliphatic carbocycles. The van der Waals surface area contributed by atoms with Gasteiger partial charge >= 0.3 is 0 Å². The molecule has 0 bridgehead atoms. The molecule has 3 aromatic rings. The number of hydrogen-bond donors (Lipinski definition) is 2. The molecule has 1 aromatic carbocycles. The zero-order chi connectivity index (χ0) is 17.9. The summed E-state index contributed by atoms with van der Waals surface area (Å²) in [5, 5.41) is 8.59. The molecule has 2 N–H and O–H groups in total. The molecule has 1 saturated heterocycles. The smallest absolute Gasteiger partial charge is 0.273 e. The van der Waals surface area contributed by atoms with E-state index >= 15 is 0 Å². The van der Waals surface area contributed by atoms with E-state index < -0.39 is 0 Å². The van der Waals surface area contributed by atoms with E-state index in [1.807, 2.05) is 24.4 Å². The maximum Gasteiger partial charge on any atom is 0.273 e. The van der Waals surface area contributed by atoms with Crippen LogP contribution in [-0.2, 0) is 13.0 Å². The Bertz CT molecular complexity index is 911. The van der Waals surface area contributed by atoms with Gasteiger partial charge in [-0.1, -0.05) is 16.8 Å². The van der Waals surface area contributed by atoms with Crippen molar-refractivity contribution in [1.82, 2.24) is 20.4 Å². The van der Waals surface area contributed by atoms with Gasteiger partial charge in [0.2, 0.25) is 0 Å². The van der Waals surface area contributed by atoms with Crippen LogP contribution in [0.1, 0.15) is 34.7 Å². The predicted octanol–water partition coefficient (Wildman–Crippen LogP) is 3.38. The number of fused-ring (bicyclic) bond motifs is 1. The molecule has 0 unspecified atom stereocenters. The third-order valence-electron chi connectivity index (χ3n) is 4.78. The molecule has 0 radical (unpaired) electrons. The first-order valence-corrected chi connectivity index (χ1v) is 9.28. The van der Waals surface area contributed by atoms with Crippen LogP contribution in [0.25, 0.3) is 10.9 Å². The Morgan fingerprint density at radius 1 is 1.31 bits per heavy atom. The molecule has 2 aromatic heterocycles. The Hall–Kier alpha value is -2.31. The first-order chi connectivity index (χ1) is 12.7. The van der Waals surface area contributed by atoms with Crippen molar-refractivity contribution in [2.75, 3.05) is 19.6 Å². The van der Waals surface area contributed by atoms with Gasteiger partial charge in [0.15, 0.2) is 11.5 Å². The summed E-state index contributed by atoms with van der Waals surface area (Å²) >= 11 is 6.07. The molecule has 26 heavy (non-hydrogen) atoms. The Balaban J connectivity index is 1.32. The fourth-order valence-electron chi connectivity index (χ4n) is 3.41. The molecule has 136 valence electrons. The zero-order valence-electron chi connectivity index (χ0n) is 14.4. The second-order valence-electron chi connectivity index (χ2n) is 6.67. The zero-order valence-corrected chi connectivity index (χ0v) is 15.2. The number of rotatable bonds is 6. The molecule has 0 saturated carbocycles. The number of nitrogens with zero attached hydrogens (tertiary/aromatic N) is 2. The lowest BCUT2D eigenvalue weighted by Crippen LogP contribution is -2.25. The number of carbonyl (C=O) groups excluding carboxylic acids is 1. The van der Waals surface area contributed by atoms with Gasteiger partial charge in [0.1, 0.15) is 0 Å². The minimum Gasteiger partial charge on any atom is -0.361 e. The van der Waals surface area contributed by atoms with E-state index in [2.05, 4.69) is 20.4 Å². The van der Waals surface area contributed by atoms with Crippen molar-refractivity contribution >= 4 is 28.4 Å². The van der Waals surface area contributed by atoms with Gasteiger partial charge in [-0.2, -0.15) is 0 Å². The van der Waals surface area contributed by atoms with Crippen molar-refractivity contribution in [2.45, 2.75) is 25.8 Å². The number of likely N-dealkylation sites (tertiary alicyclic amines) is 1. The monoisotopic (exact) mass is 372 g/mol. The van der Waals surface area contributed by atoms with Crippen LogP contribution in [0.2, 0.25) is 5.02 Å². The molecule has 1 amide bonds. The predicted molar refractivity (Wildman–Crippen MR) is 100 cm³/mol. The highest BCUT2D eigenvalue weighted by Crippen LogP contribution is 2.22. The summed E-state index contributed by atoms with van der Waals surface area (Å²) < 4.78 is 5.30. The average molecular weight is 373 g/mol. The van der Waals surface area contributed by atoms with Gasteiger partial charge in [0.05, 0.1) is 6.54 Å². The maximum atomic E-state index is 12.3. The van der Waals surface area contributed by atoms with Gasteiger partial charge in [0, 0.05) is 34.7 Å². The normalized spacial score (nSPS) is 15.0. The number of H-pyrrole nitrogens is 1. The van der Waals surface area contributed by atoms with Gasteiger partial charge in [0.25, 0.3) is 5.91 Å². The molecular weight excluding hydrogens is 352 g/mol. The lowest BCUT2D eigenvalue weighted by molar-refractivity contribution is 0.0945. The minimum atomic E-state index is -0.209. The van der Waals surface area contributed by atoms with E-state index in [4.69, 9.17) is 16.1 Å². The van der Waals surface area contributed by atoms with Crippen molar-refractivity contribution < 1.29 is 9.32 Å². The Morgan fingerprint density at radius 2 is 2.15 bits per heavy atom. The number of aromatic nitrogens is 2. The van der Waals surface area contributed by atoms with Crippen LogP contribution in [-0.4, -0.2) is 40.6 Å². The summed E-state index contributed by atoms with van der Waals surface area (Å²) in [6.07, 6.45) is 5.11. The first kappa shape index (κ1) is 17.1. The highest BCUT2D eigenvalue weighted by Gasteiger charge is 2.17. The van der Waals surface area contributed by atoms with Crippen LogP contribution in [0.4, 0.5) is 0 Å². The van der Waals surface area contributed by atoms with Crippen LogP contribution < -0.4 is 5.32 Å². The van der Waals surface area contributed by atoms with Crippen molar-refractivity contribution in [1.29, 1.82) is 0 Å². The molecule has 1 aliphatic heterocycles. The molecule has 0 spiro atoms. The van der Waals surface area contributed by atoms with Crippen LogP contribution in [0.3, 0.4) is 0 Å². The van der Waals surface area contributed by atoms with Crippen LogP contribution >= 0.6 is 11.6 Å². The fraction of sp³-hybridized carbons (Fsp3) is 0.368. The van der Waals surface area contributed by atoms with Gasteiger partial charge < -0.3 is 14.8 Å². The van der Waals surface area contributed by atoms with E-state index in [1.54, 1.807) is 6.07 Å². The molecule has 0 atom stereocenters. The van der Waals surface area contributed by atoms with E-state index in [1.165, 1.54) is 12.8 Å². The third-order valence-corrected chi connectivity index (χ3v) is 5.01. The number of amides is 1. The number of hydrogen-bond acceptors (Lipinski definition) is 4. The average Bonchev–Trinajstić information content (AvgIpc) is 3.37. The van der Waals surface area contributed by atoms with Crippen LogP contribution in [0.5, 0.6) is 0 Å². The van der Waals surface area contributed by atoms with Gasteiger partial charge in [-0.05, 0) is 56.1 Å². The summed E-state index contributed by atoms with van der Waals surface area (Å²) in [6, 6.07) is 7.49. The minimum absolute atomic E-state index is 0.209. The lowest BCUT2D eigenvalue weighted by Gasteiger charge is -2.10. The molecule has 1 aliphatic rings. The number of carbonyl (C=O) groups is 1. The Kier molecular flexibility index (Phi) is 4.95. The standard InChI is InChI=1S/C19H21ClN4O2/c20-14-3-4-17-16(9-14)13(11-22-17)5-6-21-19(25)18-10-15(26-23-18)12-24-7-1-2-8-24/h3-4,9-11,22H,1-2,5-8,12H2,(H,21,25). The Labute approximate surface area is 156 Å². The summed E-state index contributed by atoms with van der Waals surface area (Å²) in [7, 11) is 0. The van der Waals surface area contributed by atoms with E-state index in [-0.39, 0.29) is 5.91 Å². The topological polar surface area (TPSA) is 74.2 Å². The quantitative estimate of drug-likeness (QED) is 0.695. The largest absolute Gasteiger partial charge is 0.361 e. The second-order valence-corrected chi connectivity index (χ2v) is 7.11. The van der Waals surface area contributed by atoms with Gasteiger partial charge in [-0.15, -0.1) is 0 Å². The summed E-state index contributed by atoms with van der Waals surface area (Å²) in [5.74, 6) is 0.530. The first-order valence-electron chi connectivity index (χ1n) is 8.91. The van der Waals surface area contributed by atoms with Crippen molar-refractivity contribution in [3.8, 4) is 0 Å². The molecule has 6 nitrogen and oxygen atoms in total. The second kappa shape index (κ2) is 7.51. The lowest BCUT2D eigenvalue weighted by atomic mass is 10.1. The Morgan fingerprint density at radius 3 is 3.00 bits per heavy atom. The van der Waals surface area contributed by atoms with E-state index in [0.717, 1.165) is 41.9 Å². The van der Waals surface area contributed by atoms with Crippen molar-refractivity contribution in [3.63, 3.8) is 0 Å². The van der Waals surface area contributed by atoms with E-state index in [9.17, 15) is 4.79 Å². The third kappa shape index (κ3) is 3.76. The molecular formula is C19H21ClN4O2. The van der Waals surface area contributed by atoms with Crippen LogP contribution in [0, 0.1) is 0 Å². The highest BCUT2D eigenvalue weighted by molar-refractivity contribution is 6.31. The number of halogens is 1. The van der Waals surface area contributed by atoms with Gasteiger partial charge in [-0.3, -0.25) is 9.69 Å².